The Labute approximate surface area is 121 Å². The molecule has 0 aliphatic heterocycles. The van der Waals surface area contributed by atoms with Crippen LogP contribution in [0.3, 0.4) is 0 Å². The van der Waals surface area contributed by atoms with Gasteiger partial charge in [0.05, 0.1) is 11.1 Å². The van der Waals surface area contributed by atoms with E-state index >= 15 is 0 Å². The van der Waals surface area contributed by atoms with Gasteiger partial charge in [-0.3, -0.25) is 0 Å². The number of phenols is 1. The molecule has 0 saturated heterocycles. The Morgan fingerprint density at radius 3 is 2.24 bits per heavy atom. The highest BCUT2D eigenvalue weighted by Gasteiger charge is 2.14. The summed E-state index contributed by atoms with van der Waals surface area (Å²) in [5.41, 5.74) is 1.54. The predicted molar refractivity (Wildman–Crippen MR) is 75.9 cm³/mol. The molecule has 2 aromatic carbocycles. The van der Waals surface area contributed by atoms with Crippen molar-refractivity contribution in [2.24, 2.45) is 0 Å². The number of carbonyl (C=O) groups is 2. The van der Waals surface area contributed by atoms with Crippen LogP contribution in [-0.2, 0) is 0 Å². The van der Waals surface area contributed by atoms with Crippen molar-refractivity contribution in [2.45, 2.75) is 13.8 Å². The summed E-state index contributed by atoms with van der Waals surface area (Å²) in [6, 6.07) is 8.78. The first kappa shape index (κ1) is 14.6. The fourth-order valence-electron chi connectivity index (χ4n) is 1.89. The van der Waals surface area contributed by atoms with E-state index in [1.807, 2.05) is 0 Å². The van der Waals surface area contributed by atoms with Crippen molar-refractivity contribution in [3.05, 3.63) is 58.7 Å². The van der Waals surface area contributed by atoms with Crippen molar-refractivity contribution in [1.82, 2.24) is 0 Å². The summed E-state index contributed by atoms with van der Waals surface area (Å²) >= 11 is 0. The average molecular weight is 286 g/mol. The lowest BCUT2D eigenvalue weighted by Gasteiger charge is -2.09. The van der Waals surface area contributed by atoms with Gasteiger partial charge in [0.2, 0.25) is 0 Å². The van der Waals surface area contributed by atoms with E-state index in [1.54, 1.807) is 26.0 Å². The number of aromatic hydroxyl groups is 1. The maximum atomic E-state index is 12.1. The summed E-state index contributed by atoms with van der Waals surface area (Å²) < 4.78 is 5.17. The lowest BCUT2D eigenvalue weighted by atomic mass is 10.1. The molecule has 21 heavy (non-hydrogen) atoms. The van der Waals surface area contributed by atoms with E-state index in [4.69, 9.17) is 9.84 Å². The number of rotatable bonds is 3. The monoisotopic (exact) mass is 286 g/mol. The van der Waals surface area contributed by atoms with E-state index in [1.165, 1.54) is 24.3 Å². The van der Waals surface area contributed by atoms with E-state index in [-0.39, 0.29) is 22.6 Å². The van der Waals surface area contributed by atoms with Crippen molar-refractivity contribution in [3.63, 3.8) is 0 Å². The molecule has 0 atom stereocenters. The number of esters is 1. The second kappa shape index (κ2) is 5.66. The number of aromatic carboxylic acids is 1. The SMILES string of the molecule is Cc1ccc(OC(=O)c2cc(O)ccc2C)cc1C(=O)O. The number of hydrogen-bond donors (Lipinski definition) is 2. The largest absolute Gasteiger partial charge is 0.508 e. The molecular formula is C16H14O5. The first-order valence-electron chi connectivity index (χ1n) is 6.24. The summed E-state index contributed by atoms with van der Waals surface area (Å²) in [7, 11) is 0. The second-order valence-corrected chi connectivity index (χ2v) is 4.67. The molecule has 5 heteroatoms. The fourth-order valence-corrected chi connectivity index (χ4v) is 1.89. The van der Waals surface area contributed by atoms with Crippen LogP contribution in [0.1, 0.15) is 31.8 Å². The summed E-state index contributed by atoms with van der Waals surface area (Å²) in [6.07, 6.45) is 0. The minimum atomic E-state index is -1.08. The smallest absolute Gasteiger partial charge is 0.343 e. The standard InChI is InChI=1S/C16H14O5/c1-9-4-6-12(8-13(9)15(18)19)21-16(20)14-7-11(17)5-3-10(14)2/h3-8,17H,1-2H3,(H,18,19). The molecule has 108 valence electrons. The maximum absolute atomic E-state index is 12.1. The minimum Gasteiger partial charge on any atom is -0.508 e. The van der Waals surface area contributed by atoms with Gasteiger partial charge in [-0.1, -0.05) is 12.1 Å². The number of carboxylic acids is 1. The van der Waals surface area contributed by atoms with Crippen LogP contribution in [0.25, 0.3) is 0 Å². The predicted octanol–water partition coefficient (Wildman–Crippen LogP) is 2.93. The molecule has 0 radical (unpaired) electrons. The van der Waals surface area contributed by atoms with Gasteiger partial charge in [0.15, 0.2) is 0 Å². The Morgan fingerprint density at radius 1 is 0.952 bits per heavy atom. The third-order valence-corrected chi connectivity index (χ3v) is 3.09. The molecule has 0 amide bonds. The quantitative estimate of drug-likeness (QED) is 0.669. The minimum absolute atomic E-state index is 0.0392. The van der Waals surface area contributed by atoms with Crippen LogP contribution < -0.4 is 4.74 Å². The van der Waals surface area contributed by atoms with E-state index in [0.717, 1.165) is 0 Å². The van der Waals surface area contributed by atoms with Crippen molar-refractivity contribution in [2.75, 3.05) is 0 Å². The fraction of sp³-hybridized carbons (Fsp3) is 0.125. The van der Waals surface area contributed by atoms with Crippen LogP contribution in [-0.4, -0.2) is 22.2 Å². The molecule has 2 aromatic rings. The van der Waals surface area contributed by atoms with Gasteiger partial charge in [0.1, 0.15) is 11.5 Å². The average Bonchev–Trinajstić information content (AvgIpc) is 2.43. The molecule has 2 N–H and O–H groups in total. The zero-order valence-corrected chi connectivity index (χ0v) is 11.6. The highest BCUT2D eigenvalue weighted by Crippen LogP contribution is 2.21. The first-order valence-corrected chi connectivity index (χ1v) is 6.24. The van der Waals surface area contributed by atoms with E-state index in [2.05, 4.69) is 0 Å². The second-order valence-electron chi connectivity index (χ2n) is 4.67. The molecule has 0 aromatic heterocycles. The first-order chi connectivity index (χ1) is 9.88. The summed E-state index contributed by atoms with van der Waals surface area (Å²) in [6.45, 7) is 3.38. The molecule has 0 saturated carbocycles. The zero-order valence-electron chi connectivity index (χ0n) is 11.6. The molecule has 2 rings (SSSR count). The number of aryl methyl sites for hydroxylation is 2. The highest BCUT2D eigenvalue weighted by atomic mass is 16.5. The molecule has 0 aliphatic rings. The van der Waals surface area contributed by atoms with Gasteiger partial charge in [-0.25, -0.2) is 9.59 Å². The molecule has 5 nitrogen and oxygen atoms in total. The third kappa shape index (κ3) is 3.20. The molecular weight excluding hydrogens is 272 g/mol. The number of phenolic OH excluding ortho intramolecular Hbond substituents is 1. The van der Waals surface area contributed by atoms with Crippen LogP contribution in [0.2, 0.25) is 0 Å². The topological polar surface area (TPSA) is 83.8 Å². The number of carboxylic acid groups (broad SMARTS) is 1. The van der Waals surface area contributed by atoms with Crippen molar-refractivity contribution in [3.8, 4) is 11.5 Å². The number of carbonyl (C=O) groups excluding carboxylic acids is 1. The van der Waals surface area contributed by atoms with Crippen molar-refractivity contribution >= 4 is 11.9 Å². The molecule has 0 spiro atoms. The van der Waals surface area contributed by atoms with Gasteiger partial charge in [0, 0.05) is 0 Å². The third-order valence-electron chi connectivity index (χ3n) is 3.09. The van der Waals surface area contributed by atoms with Crippen molar-refractivity contribution in [1.29, 1.82) is 0 Å². The summed E-state index contributed by atoms with van der Waals surface area (Å²) in [4.78, 5) is 23.1. The lowest BCUT2D eigenvalue weighted by Crippen LogP contribution is -2.11. The Kier molecular flexibility index (Phi) is 3.93. The Bertz CT molecular complexity index is 719. The van der Waals surface area contributed by atoms with Gasteiger partial charge in [0.25, 0.3) is 0 Å². The molecule has 0 heterocycles. The van der Waals surface area contributed by atoms with Crippen LogP contribution in [0.15, 0.2) is 36.4 Å². The van der Waals surface area contributed by atoms with Crippen LogP contribution >= 0.6 is 0 Å². The Hall–Kier alpha value is -2.82. The van der Waals surface area contributed by atoms with Gasteiger partial charge >= 0.3 is 11.9 Å². The summed E-state index contributed by atoms with van der Waals surface area (Å²) in [5, 5.41) is 18.5. The maximum Gasteiger partial charge on any atom is 0.343 e. The molecule has 0 unspecified atom stereocenters. The number of ether oxygens (including phenoxy) is 1. The zero-order chi connectivity index (χ0) is 15.6. The van der Waals surface area contributed by atoms with Crippen LogP contribution in [0.4, 0.5) is 0 Å². The molecule has 0 fully saturated rings. The van der Waals surface area contributed by atoms with Gasteiger partial charge < -0.3 is 14.9 Å². The van der Waals surface area contributed by atoms with Gasteiger partial charge in [-0.2, -0.15) is 0 Å². The lowest BCUT2D eigenvalue weighted by molar-refractivity contribution is 0.0686. The van der Waals surface area contributed by atoms with E-state index in [0.29, 0.717) is 11.1 Å². The van der Waals surface area contributed by atoms with Crippen LogP contribution in [0, 0.1) is 13.8 Å². The van der Waals surface area contributed by atoms with E-state index in [9.17, 15) is 14.7 Å². The van der Waals surface area contributed by atoms with Gasteiger partial charge in [-0.15, -0.1) is 0 Å². The Balaban J connectivity index is 2.29. The Morgan fingerprint density at radius 2 is 1.57 bits per heavy atom. The summed E-state index contributed by atoms with van der Waals surface area (Å²) in [5.74, 6) is -1.63. The normalized spacial score (nSPS) is 10.2. The molecule has 0 aliphatic carbocycles. The number of benzene rings is 2. The highest BCUT2D eigenvalue weighted by molar-refractivity contribution is 5.94. The van der Waals surface area contributed by atoms with Crippen molar-refractivity contribution < 1.29 is 24.5 Å². The van der Waals surface area contributed by atoms with E-state index < -0.39 is 11.9 Å². The van der Waals surface area contributed by atoms with Crippen LogP contribution in [0.5, 0.6) is 11.5 Å². The number of hydrogen-bond acceptors (Lipinski definition) is 4. The van der Waals surface area contributed by atoms with Gasteiger partial charge in [-0.05, 0) is 49.2 Å². The molecule has 0 bridgehead atoms.